The van der Waals surface area contributed by atoms with Crippen molar-refractivity contribution in [3.63, 3.8) is 0 Å². The Labute approximate surface area is 366 Å². The molecule has 0 radical (unpaired) electrons. The van der Waals surface area contributed by atoms with Crippen LogP contribution in [0, 0.1) is 16.2 Å². The molecule has 2 aliphatic heterocycles. The van der Waals surface area contributed by atoms with E-state index in [0.717, 1.165) is 58.0 Å². The van der Waals surface area contributed by atoms with Crippen molar-refractivity contribution < 1.29 is 24.0 Å². The topological polar surface area (TPSA) is 74.0 Å². The summed E-state index contributed by atoms with van der Waals surface area (Å²) < 4.78 is 13.6. The van der Waals surface area contributed by atoms with Crippen molar-refractivity contribution >= 4 is 34.8 Å². The standard InChI is InChI=1S/C52H72ClN3O4/c1-12-55-41-23-16-15-22-40(41)48(5,6)42(55)31-34-50(9)32-20-21-37(45(50)53)30-35-52(11)49(7,8)51(10)33-18-17-24-43(51)56(52)36-19-13-14-25-44(57)59-39-28-26-38(27-29-39)54-46(58)60-47(2,3)4/h15-18,22-24,26-31,33-34,43-45,57H,12-14,19-21,25,32,35-36H2,1-11H3/p+1/b34-31+,37-30+. The first kappa shape index (κ1) is 45.9. The van der Waals surface area contributed by atoms with Crippen LogP contribution < -0.4 is 10.1 Å². The number of fused-ring (bicyclic) bond motifs is 2. The number of carbonyl (C=O) groups is 1. The van der Waals surface area contributed by atoms with Gasteiger partial charge in [-0.15, -0.1) is 11.6 Å². The molecular weight excluding hydrogens is 766 g/mol. The highest BCUT2D eigenvalue weighted by molar-refractivity contribution is 6.23. The van der Waals surface area contributed by atoms with E-state index in [-0.39, 0.29) is 32.6 Å². The second-order valence-corrected chi connectivity index (χ2v) is 20.9. The van der Waals surface area contributed by atoms with Gasteiger partial charge in [0, 0.05) is 52.2 Å². The van der Waals surface area contributed by atoms with E-state index in [9.17, 15) is 9.90 Å². The number of unbranched alkanes of at least 4 members (excludes halogenated alkanes) is 2. The molecule has 0 spiro atoms. The Morgan fingerprint density at radius 1 is 1.02 bits per heavy atom. The number of ether oxygens (including phenoxy) is 2. The lowest BCUT2D eigenvalue weighted by Crippen LogP contribution is -2.51. The lowest BCUT2D eigenvalue weighted by molar-refractivity contribution is -0.433. The van der Waals surface area contributed by atoms with E-state index in [1.165, 1.54) is 22.5 Å². The van der Waals surface area contributed by atoms with Crippen molar-refractivity contribution in [1.29, 1.82) is 0 Å². The molecule has 2 aromatic carbocycles. The number of likely N-dealkylation sites (tertiary alicyclic amines) is 1. The van der Waals surface area contributed by atoms with E-state index >= 15 is 0 Å². The molecule has 8 heteroatoms. The second-order valence-electron chi connectivity index (χ2n) is 20.4. The van der Waals surface area contributed by atoms with Crippen molar-refractivity contribution in [2.75, 3.05) is 18.4 Å². The average Bonchev–Trinajstić information content (AvgIpc) is 3.48. The zero-order chi connectivity index (χ0) is 43.7. The minimum absolute atomic E-state index is 0.0186. The maximum atomic E-state index is 12.1. The SMILES string of the molecule is CC[N+]1=C(/C=C/C2(C)CCC/C(=C\CC3(C)N(CCCCCC(O)Oc4ccc(NC(=O)OC(C)(C)C)cc4)C4C=CC=CC4(C)C3(C)C)C2Cl)C(C)(C)c2ccccc21. The Morgan fingerprint density at radius 3 is 2.43 bits per heavy atom. The first-order valence-corrected chi connectivity index (χ1v) is 22.9. The van der Waals surface area contributed by atoms with E-state index in [4.69, 9.17) is 21.1 Å². The fraction of sp³-hybridized carbons (Fsp3) is 0.577. The van der Waals surface area contributed by atoms with Crippen LogP contribution in [0.3, 0.4) is 0 Å². The highest BCUT2D eigenvalue weighted by Crippen LogP contribution is 2.63. The molecule has 6 rings (SSSR count). The number of carbonyl (C=O) groups excluding carboxylic acids is 1. The second kappa shape index (κ2) is 17.6. The summed E-state index contributed by atoms with van der Waals surface area (Å²) in [5.41, 5.74) is 5.11. The van der Waals surface area contributed by atoms with Crippen molar-refractivity contribution in [3.8, 4) is 5.75 Å². The number of nitrogens with zero attached hydrogens (tertiary/aromatic N) is 2. The van der Waals surface area contributed by atoms with Gasteiger partial charge < -0.3 is 14.6 Å². The van der Waals surface area contributed by atoms with Crippen LogP contribution in [0.15, 0.2) is 96.6 Å². The molecule has 7 nitrogen and oxygen atoms in total. The summed E-state index contributed by atoms with van der Waals surface area (Å²) >= 11 is 7.60. The fourth-order valence-electron chi connectivity index (χ4n) is 10.6. The number of nitrogens with one attached hydrogen (secondary N) is 1. The lowest BCUT2D eigenvalue weighted by Gasteiger charge is -2.48. The van der Waals surface area contributed by atoms with Gasteiger partial charge >= 0.3 is 6.09 Å². The first-order valence-electron chi connectivity index (χ1n) is 22.5. The number of halogens is 1. The monoisotopic (exact) mass is 839 g/mol. The van der Waals surface area contributed by atoms with Crippen LogP contribution in [0.1, 0.15) is 133 Å². The van der Waals surface area contributed by atoms with Crippen molar-refractivity contribution in [2.24, 2.45) is 16.2 Å². The number of allylic oxidation sites excluding steroid dienone is 5. The minimum Gasteiger partial charge on any atom is -0.465 e. The number of benzene rings is 2. The van der Waals surface area contributed by atoms with Gasteiger partial charge in [0.15, 0.2) is 12.0 Å². The number of aliphatic hydroxyl groups excluding tert-OH is 1. The molecule has 4 aliphatic rings. The number of para-hydroxylation sites is 1. The van der Waals surface area contributed by atoms with Crippen LogP contribution in [-0.4, -0.2) is 68.3 Å². The molecule has 2 fully saturated rings. The highest BCUT2D eigenvalue weighted by atomic mass is 35.5. The van der Waals surface area contributed by atoms with Gasteiger partial charge in [0.05, 0.1) is 10.8 Å². The van der Waals surface area contributed by atoms with Crippen LogP contribution in [0.2, 0.25) is 0 Å². The van der Waals surface area contributed by atoms with E-state index in [0.29, 0.717) is 23.9 Å². The third kappa shape index (κ3) is 8.97. The van der Waals surface area contributed by atoms with Gasteiger partial charge in [0.25, 0.3) is 0 Å². The Balaban J connectivity index is 1.10. The smallest absolute Gasteiger partial charge is 0.412 e. The molecular formula is C52H73ClN3O4+. The summed E-state index contributed by atoms with van der Waals surface area (Å²) in [6.45, 7) is 26.6. The third-order valence-corrected chi connectivity index (χ3v) is 15.6. The largest absolute Gasteiger partial charge is 0.465 e. The summed E-state index contributed by atoms with van der Waals surface area (Å²) in [6.07, 6.45) is 22.9. The van der Waals surface area contributed by atoms with Gasteiger partial charge in [-0.2, -0.15) is 4.58 Å². The maximum absolute atomic E-state index is 12.1. The molecule has 2 aliphatic carbocycles. The molecule has 1 amide bonds. The molecule has 60 heavy (non-hydrogen) atoms. The van der Waals surface area contributed by atoms with Crippen molar-refractivity contribution in [1.82, 2.24) is 4.90 Å². The molecule has 1 saturated heterocycles. The number of hydrogen-bond acceptors (Lipinski definition) is 5. The zero-order valence-corrected chi connectivity index (χ0v) is 39.2. The lowest BCUT2D eigenvalue weighted by atomic mass is 9.57. The van der Waals surface area contributed by atoms with Crippen LogP contribution in [0.25, 0.3) is 0 Å². The third-order valence-electron chi connectivity index (χ3n) is 14.8. The summed E-state index contributed by atoms with van der Waals surface area (Å²) in [5.74, 6) is 0.553. The normalized spacial score (nSPS) is 29.5. The molecule has 0 aromatic heterocycles. The van der Waals surface area contributed by atoms with E-state index in [1.807, 2.05) is 20.8 Å². The quantitative estimate of drug-likeness (QED) is 0.0652. The number of alkyl halides is 1. The van der Waals surface area contributed by atoms with E-state index < -0.39 is 18.0 Å². The van der Waals surface area contributed by atoms with Gasteiger partial charge in [-0.1, -0.05) is 94.3 Å². The summed E-state index contributed by atoms with van der Waals surface area (Å²) in [4.78, 5) is 14.9. The van der Waals surface area contributed by atoms with Gasteiger partial charge in [-0.25, -0.2) is 4.79 Å². The molecule has 326 valence electrons. The number of rotatable bonds is 14. The average molecular weight is 840 g/mol. The summed E-state index contributed by atoms with van der Waals surface area (Å²) in [7, 11) is 0. The Morgan fingerprint density at radius 2 is 1.73 bits per heavy atom. The van der Waals surface area contributed by atoms with Gasteiger partial charge in [-0.05, 0) is 123 Å². The molecule has 2 heterocycles. The summed E-state index contributed by atoms with van der Waals surface area (Å²) in [5, 5.41) is 13.4. The van der Waals surface area contributed by atoms with Crippen LogP contribution in [0.4, 0.5) is 16.2 Å². The van der Waals surface area contributed by atoms with Gasteiger partial charge in [0.1, 0.15) is 17.9 Å². The van der Waals surface area contributed by atoms with Crippen molar-refractivity contribution in [3.05, 3.63) is 102 Å². The predicted octanol–water partition coefficient (Wildman–Crippen LogP) is 12.7. The summed E-state index contributed by atoms with van der Waals surface area (Å²) in [6, 6.07) is 16.1. The van der Waals surface area contributed by atoms with Gasteiger partial charge in [0.2, 0.25) is 5.69 Å². The fourth-order valence-corrected chi connectivity index (χ4v) is 11.0. The van der Waals surface area contributed by atoms with E-state index in [2.05, 4.69) is 137 Å². The highest BCUT2D eigenvalue weighted by Gasteiger charge is 2.65. The van der Waals surface area contributed by atoms with Crippen LogP contribution in [0.5, 0.6) is 5.75 Å². The van der Waals surface area contributed by atoms with Crippen LogP contribution >= 0.6 is 11.6 Å². The maximum Gasteiger partial charge on any atom is 0.412 e. The number of anilines is 1. The minimum atomic E-state index is -0.906. The Hall–Kier alpha value is -3.65. The molecule has 2 aromatic rings. The van der Waals surface area contributed by atoms with Crippen molar-refractivity contribution in [2.45, 2.75) is 162 Å². The molecule has 0 bridgehead atoms. The predicted molar refractivity (Wildman–Crippen MR) is 249 cm³/mol. The molecule has 1 saturated carbocycles. The molecule has 6 unspecified atom stereocenters. The van der Waals surface area contributed by atoms with Gasteiger partial charge in [-0.3, -0.25) is 10.2 Å². The van der Waals surface area contributed by atoms with E-state index in [1.54, 1.807) is 24.3 Å². The Kier molecular flexibility index (Phi) is 13.5. The van der Waals surface area contributed by atoms with Crippen LogP contribution in [-0.2, 0) is 10.2 Å². The molecule has 6 atom stereocenters. The first-order chi connectivity index (χ1) is 28.2. The Bertz CT molecular complexity index is 2020. The molecule has 2 N–H and O–H groups in total. The zero-order valence-electron chi connectivity index (χ0n) is 38.4. The number of aliphatic hydroxyl groups is 1. The number of hydrogen-bond donors (Lipinski definition) is 2. The number of amides is 1.